The molecule has 1 unspecified atom stereocenters. The highest BCUT2D eigenvalue weighted by molar-refractivity contribution is 5.33. The normalized spacial score (nSPS) is 12.9. The molecule has 1 aromatic rings. The van der Waals surface area contributed by atoms with Crippen LogP contribution in [0, 0.1) is 0 Å². The van der Waals surface area contributed by atoms with Gasteiger partial charge >= 0.3 is 0 Å². The highest BCUT2D eigenvalue weighted by atomic mass is 15.4. The molecule has 1 aromatic heterocycles. The Hall–Kier alpha value is -1.26. The van der Waals surface area contributed by atoms with Gasteiger partial charge in [-0.15, -0.1) is 5.10 Å². The first-order valence-corrected chi connectivity index (χ1v) is 4.05. The van der Waals surface area contributed by atoms with Gasteiger partial charge in [-0.1, -0.05) is 6.92 Å². The molecule has 12 heavy (non-hydrogen) atoms. The van der Waals surface area contributed by atoms with Crippen LogP contribution < -0.4 is 10.6 Å². The van der Waals surface area contributed by atoms with Gasteiger partial charge in [0.1, 0.15) is 0 Å². The Morgan fingerprint density at radius 1 is 1.67 bits per heavy atom. The number of hydrogen-bond donors (Lipinski definition) is 2. The van der Waals surface area contributed by atoms with Crippen molar-refractivity contribution >= 4 is 11.9 Å². The van der Waals surface area contributed by atoms with Gasteiger partial charge in [0.05, 0.1) is 0 Å². The molecule has 0 aliphatic heterocycles. The molecule has 0 aromatic carbocycles. The molecule has 0 bridgehead atoms. The smallest absolute Gasteiger partial charge is 0.246 e. The molecule has 1 heterocycles. The lowest BCUT2D eigenvalue weighted by atomic mass is 10.2. The third-order valence-electron chi connectivity index (χ3n) is 2.06. The summed E-state index contributed by atoms with van der Waals surface area (Å²) in [6.07, 6.45) is 1.06. The summed E-state index contributed by atoms with van der Waals surface area (Å²) in [4.78, 5) is 6.01. The lowest BCUT2D eigenvalue weighted by Crippen LogP contribution is -2.28. The molecule has 1 atom stereocenters. The minimum absolute atomic E-state index is 0.361. The van der Waals surface area contributed by atoms with E-state index in [1.165, 1.54) is 0 Å². The van der Waals surface area contributed by atoms with Crippen LogP contribution in [-0.2, 0) is 0 Å². The molecule has 0 fully saturated rings. The molecule has 0 saturated carbocycles. The molecule has 0 spiro atoms. The summed E-state index contributed by atoms with van der Waals surface area (Å²) in [5, 5.41) is 6.55. The Balaban J connectivity index is 2.70. The summed E-state index contributed by atoms with van der Waals surface area (Å²) in [5.41, 5.74) is 5.40. The van der Waals surface area contributed by atoms with Gasteiger partial charge in [-0.2, -0.15) is 4.98 Å². The number of rotatable bonds is 3. The van der Waals surface area contributed by atoms with Crippen molar-refractivity contribution < 1.29 is 0 Å². The fourth-order valence-corrected chi connectivity index (χ4v) is 0.894. The molecule has 0 radical (unpaired) electrons. The zero-order valence-corrected chi connectivity index (χ0v) is 7.70. The largest absolute Gasteiger partial charge is 0.368 e. The van der Waals surface area contributed by atoms with Crippen LogP contribution in [0.3, 0.4) is 0 Å². The van der Waals surface area contributed by atoms with Crippen molar-refractivity contribution in [3.8, 4) is 0 Å². The van der Waals surface area contributed by atoms with Gasteiger partial charge in [-0.05, 0) is 13.3 Å². The molecular formula is C7H15N5. The van der Waals surface area contributed by atoms with Crippen LogP contribution >= 0.6 is 0 Å². The van der Waals surface area contributed by atoms with Crippen LogP contribution in [0.25, 0.3) is 0 Å². The van der Waals surface area contributed by atoms with Crippen LogP contribution in [0.2, 0.25) is 0 Å². The predicted octanol–water partition coefficient (Wildman–Crippen LogP) is 0.622. The molecule has 3 N–H and O–H groups in total. The Kier molecular flexibility index (Phi) is 2.52. The van der Waals surface area contributed by atoms with E-state index in [9.17, 15) is 0 Å². The standard InChI is InChI=1S/C7H15N5/c1-4-5(2)12(3)7-9-6(8)10-11-7/h5H,4H2,1-3H3,(H3,8,9,10,11). The Morgan fingerprint density at radius 3 is 2.75 bits per heavy atom. The fraction of sp³-hybridized carbons (Fsp3) is 0.714. The second kappa shape index (κ2) is 3.42. The maximum absolute atomic E-state index is 5.40. The quantitative estimate of drug-likeness (QED) is 0.696. The Labute approximate surface area is 72.0 Å². The molecular weight excluding hydrogens is 154 g/mol. The van der Waals surface area contributed by atoms with E-state index < -0.39 is 0 Å². The third kappa shape index (κ3) is 1.66. The first kappa shape index (κ1) is 8.83. The predicted molar refractivity (Wildman–Crippen MR) is 49.0 cm³/mol. The van der Waals surface area contributed by atoms with E-state index in [4.69, 9.17) is 5.73 Å². The van der Waals surface area contributed by atoms with Crippen molar-refractivity contribution in [3.05, 3.63) is 0 Å². The van der Waals surface area contributed by atoms with E-state index in [1.54, 1.807) is 0 Å². The summed E-state index contributed by atoms with van der Waals surface area (Å²) >= 11 is 0. The number of nitrogens with one attached hydrogen (secondary N) is 1. The molecule has 0 aliphatic carbocycles. The summed E-state index contributed by atoms with van der Waals surface area (Å²) in [7, 11) is 1.96. The number of hydrogen-bond acceptors (Lipinski definition) is 4. The maximum atomic E-state index is 5.40. The summed E-state index contributed by atoms with van der Waals surface area (Å²) in [5.74, 6) is 1.02. The Morgan fingerprint density at radius 2 is 2.33 bits per heavy atom. The van der Waals surface area contributed by atoms with Gasteiger partial charge < -0.3 is 10.6 Å². The number of aromatic nitrogens is 3. The van der Waals surface area contributed by atoms with E-state index in [1.807, 2.05) is 11.9 Å². The lowest BCUT2D eigenvalue weighted by molar-refractivity contribution is 0.650. The van der Waals surface area contributed by atoms with Gasteiger partial charge in [-0.25, -0.2) is 5.10 Å². The zero-order chi connectivity index (χ0) is 9.14. The first-order chi connectivity index (χ1) is 5.65. The molecule has 0 saturated heterocycles. The second-order valence-corrected chi connectivity index (χ2v) is 2.89. The molecule has 1 rings (SSSR count). The summed E-state index contributed by atoms with van der Waals surface area (Å²) in [6.45, 7) is 4.24. The molecule has 0 amide bonds. The van der Waals surface area contributed by atoms with E-state index in [0.29, 0.717) is 17.9 Å². The number of nitrogens with zero attached hydrogens (tertiary/aromatic N) is 3. The van der Waals surface area contributed by atoms with E-state index in [-0.39, 0.29) is 0 Å². The van der Waals surface area contributed by atoms with Gasteiger partial charge in [0.25, 0.3) is 0 Å². The topological polar surface area (TPSA) is 70.8 Å². The molecule has 0 aliphatic rings. The van der Waals surface area contributed by atoms with Crippen molar-refractivity contribution in [1.29, 1.82) is 0 Å². The number of nitrogens with two attached hydrogens (primary N) is 1. The lowest BCUT2D eigenvalue weighted by Gasteiger charge is -2.21. The average molecular weight is 169 g/mol. The summed E-state index contributed by atoms with van der Waals surface area (Å²) < 4.78 is 0. The van der Waals surface area contributed by atoms with Crippen LogP contribution in [-0.4, -0.2) is 28.3 Å². The van der Waals surface area contributed by atoms with E-state index in [0.717, 1.165) is 6.42 Å². The molecule has 5 nitrogen and oxygen atoms in total. The van der Waals surface area contributed by atoms with Crippen LogP contribution in [0.1, 0.15) is 20.3 Å². The van der Waals surface area contributed by atoms with Crippen molar-refractivity contribution in [1.82, 2.24) is 15.2 Å². The van der Waals surface area contributed by atoms with Gasteiger partial charge in [0.2, 0.25) is 11.9 Å². The number of nitrogen functional groups attached to an aromatic ring is 1. The third-order valence-corrected chi connectivity index (χ3v) is 2.06. The SMILES string of the molecule is CCC(C)N(C)c1n[nH]c(N)n1. The zero-order valence-electron chi connectivity index (χ0n) is 7.70. The fourth-order valence-electron chi connectivity index (χ4n) is 0.894. The van der Waals surface area contributed by atoms with Crippen molar-refractivity contribution in [2.24, 2.45) is 0 Å². The molecule has 5 heteroatoms. The van der Waals surface area contributed by atoms with Crippen LogP contribution in [0.15, 0.2) is 0 Å². The highest BCUT2D eigenvalue weighted by Crippen LogP contribution is 2.10. The van der Waals surface area contributed by atoms with Crippen molar-refractivity contribution in [2.45, 2.75) is 26.3 Å². The number of H-pyrrole nitrogens is 1. The van der Waals surface area contributed by atoms with Gasteiger partial charge in [0, 0.05) is 13.1 Å². The summed E-state index contributed by atoms with van der Waals surface area (Å²) in [6, 6.07) is 0.431. The van der Waals surface area contributed by atoms with Gasteiger partial charge in [-0.3, -0.25) is 0 Å². The minimum Gasteiger partial charge on any atom is -0.368 e. The van der Waals surface area contributed by atoms with Crippen LogP contribution in [0.5, 0.6) is 0 Å². The van der Waals surface area contributed by atoms with Gasteiger partial charge in [0.15, 0.2) is 0 Å². The number of anilines is 2. The van der Waals surface area contributed by atoms with E-state index in [2.05, 4.69) is 29.0 Å². The monoisotopic (exact) mass is 169 g/mol. The van der Waals surface area contributed by atoms with Crippen LogP contribution in [0.4, 0.5) is 11.9 Å². The minimum atomic E-state index is 0.361. The van der Waals surface area contributed by atoms with Crippen molar-refractivity contribution in [2.75, 3.05) is 17.7 Å². The number of aromatic amines is 1. The second-order valence-electron chi connectivity index (χ2n) is 2.89. The van der Waals surface area contributed by atoms with E-state index >= 15 is 0 Å². The maximum Gasteiger partial charge on any atom is 0.246 e. The average Bonchev–Trinajstić information content (AvgIpc) is 2.49. The highest BCUT2D eigenvalue weighted by Gasteiger charge is 2.11. The van der Waals surface area contributed by atoms with Crippen molar-refractivity contribution in [3.63, 3.8) is 0 Å². The first-order valence-electron chi connectivity index (χ1n) is 4.05. The Bertz CT molecular complexity index is 244. The molecule has 68 valence electrons.